The van der Waals surface area contributed by atoms with Crippen LogP contribution in [0.5, 0.6) is 0 Å². The number of likely N-dealkylation sites (tertiary alicyclic amines) is 1. The van der Waals surface area contributed by atoms with E-state index in [1.54, 1.807) is 0 Å². The minimum absolute atomic E-state index is 0.0184. The summed E-state index contributed by atoms with van der Waals surface area (Å²) >= 11 is 6.08. The molecule has 1 aromatic carbocycles. The Labute approximate surface area is 147 Å². The molecule has 3 N–H and O–H groups in total. The first kappa shape index (κ1) is 17.7. The van der Waals surface area contributed by atoms with Gasteiger partial charge in [0.05, 0.1) is 12.2 Å². The number of aliphatic hydroxyl groups excluding tert-OH is 2. The first-order valence-electron chi connectivity index (χ1n) is 8.61. The second kappa shape index (κ2) is 7.83. The number of carbonyl (C=O) groups excluding carboxylic acids is 1. The van der Waals surface area contributed by atoms with Gasteiger partial charge in [-0.25, -0.2) is 0 Å². The van der Waals surface area contributed by atoms with Gasteiger partial charge in [-0.3, -0.25) is 4.79 Å². The van der Waals surface area contributed by atoms with Gasteiger partial charge < -0.3 is 20.4 Å². The SMILES string of the molecule is O=C(CCN1C[C@H]2C[C@H](O)[C@@H](O)C[C@H]2C1)NCc1ccccc1Cl. The molecule has 132 valence electrons. The van der Waals surface area contributed by atoms with E-state index in [0.29, 0.717) is 49.2 Å². The van der Waals surface area contributed by atoms with Crippen molar-refractivity contribution in [2.75, 3.05) is 19.6 Å². The zero-order valence-electron chi connectivity index (χ0n) is 13.7. The van der Waals surface area contributed by atoms with Crippen molar-refractivity contribution in [2.24, 2.45) is 11.8 Å². The summed E-state index contributed by atoms with van der Waals surface area (Å²) in [4.78, 5) is 14.3. The molecule has 0 radical (unpaired) electrons. The highest BCUT2D eigenvalue weighted by atomic mass is 35.5. The van der Waals surface area contributed by atoms with Crippen molar-refractivity contribution in [2.45, 2.75) is 38.0 Å². The first-order chi connectivity index (χ1) is 11.5. The van der Waals surface area contributed by atoms with E-state index in [1.165, 1.54) is 0 Å². The Balaban J connectivity index is 1.40. The molecule has 1 saturated carbocycles. The van der Waals surface area contributed by atoms with Crippen molar-refractivity contribution in [1.29, 1.82) is 0 Å². The molecule has 4 atom stereocenters. The van der Waals surface area contributed by atoms with Crippen LogP contribution in [0.1, 0.15) is 24.8 Å². The smallest absolute Gasteiger partial charge is 0.221 e. The Kier molecular flexibility index (Phi) is 5.76. The fourth-order valence-electron chi connectivity index (χ4n) is 3.87. The zero-order chi connectivity index (χ0) is 17.1. The standard InChI is InChI=1S/C18H25ClN2O3/c19-15-4-2-1-3-12(15)9-20-18(24)5-6-21-10-13-7-16(22)17(23)8-14(13)11-21/h1-4,13-14,16-17,22-23H,5-11H2,(H,20,24)/t13-,14+,16-,17-/m0/s1. The second-order valence-electron chi connectivity index (χ2n) is 7.00. The van der Waals surface area contributed by atoms with Gasteiger partial charge in [-0.2, -0.15) is 0 Å². The number of nitrogens with zero attached hydrogens (tertiary/aromatic N) is 1. The molecule has 24 heavy (non-hydrogen) atoms. The third-order valence-electron chi connectivity index (χ3n) is 5.27. The van der Waals surface area contributed by atoms with E-state index < -0.39 is 12.2 Å². The van der Waals surface area contributed by atoms with Crippen molar-refractivity contribution in [1.82, 2.24) is 10.2 Å². The maximum Gasteiger partial charge on any atom is 0.221 e. The topological polar surface area (TPSA) is 72.8 Å². The fourth-order valence-corrected chi connectivity index (χ4v) is 4.07. The summed E-state index contributed by atoms with van der Waals surface area (Å²) in [7, 11) is 0. The van der Waals surface area contributed by atoms with Gasteiger partial charge in [0.1, 0.15) is 0 Å². The van der Waals surface area contributed by atoms with Gasteiger partial charge in [-0.05, 0) is 36.3 Å². The number of carbonyl (C=O) groups is 1. The van der Waals surface area contributed by atoms with E-state index in [1.807, 2.05) is 24.3 Å². The van der Waals surface area contributed by atoms with Crippen LogP contribution in [0.2, 0.25) is 5.02 Å². The summed E-state index contributed by atoms with van der Waals surface area (Å²) in [6.45, 7) is 2.98. The van der Waals surface area contributed by atoms with Crippen LogP contribution in [0.25, 0.3) is 0 Å². The summed E-state index contributed by atoms with van der Waals surface area (Å²) in [5, 5.41) is 23.1. The number of amides is 1. The first-order valence-corrected chi connectivity index (χ1v) is 8.99. The summed E-state index contributed by atoms with van der Waals surface area (Å²) in [5.41, 5.74) is 0.919. The van der Waals surface area contributed by atoms with Crippen molar-refractivity contribution in [3.8, 4) is 0 Å². The molecule has 1 aliphatic heterocycles. The summed E-state index contributed by atoms with van der Waals surface area (Å²) in [6, 6.07) is 7.50. The molecule has 3 rings (SSSR count). The molecule has 2 fully saturated rings. The van der Waals surface area contributed by atoms with Gasteiger partial charge in [-0.1, -0.05) is 29.8 Å². The van der Waals surface area contributed by atoms with Crippen molar-refractivity contribution < 1.29 is 15.0 Å². The number of hydrogen-bond acceptors (Lipinski definition) is 4. The Morgan fingerprint density at radius 2 is 1.79 bits per heavy atom. The second-order valence-corrected chi connectivity index (χ2v) is 7.41. The Hall–Kier alpha value is -1.14. The lowest BCUT2D eigenvalue weighted by molar-refractivity contribution is -0.121. The Morgan fingerprint density at radius 3 is 2.42 bits per heavy atom. The number of fused-ring (bicyclic) bond motifs is 1. The molecule has 0 bridgehead atoms. The highest BCUT2D eigenvalue weighted by Gasteiger charge is 2.40. The minimum atomic E-state index is -0.592. The highest BCUT2D eigenvalue weighted by molar-refractivity contribution is 6.31. The van der Waals surface area contributed by atoms with Gasteiger partial charge >= 0.3 is 0 Å². The Bertz CT molecular complexity index is 565. The lowest BCUT2D eigenvalue weighted by Crippen LogP contribution is -2.38. The number of rotatable bonds is 5. The maximum absolute atomic E-state index is 12.0. The molecule has 1 aromatic rings. The predicted octanol–water partition coefficient (Wildman–Crippen LogP) is 1.41. The van der Waals surface area contributed by atoms with Gasteiger partial charge in [-0.15, -0.1) is 0 Å². The third-order valence-corrected chi connectivity index (χ3v) is 5.64. The number of aliphatic hydroxyl groups is 2. The van der Waals surface area contributed by atoms with E-state index in [0.717, 1.165) is 18.7 Å². The lowest BCUT2D eigenvalue weighted by Gasteiger charge is -2.32. The molecule has 6 heteroatoms. The van der Waals surface area contributed by atoms with Crippen molar-refractivity contribution >= 4 is 17.5 Å². The van der Waals surface area contributed by atoms with E-state index in [2.05, 4.69) is 10.2 Å². The zero-order valence-corrected chi connectivity index (χ0v) is 14.5. The summed E-state index contributed by atoms with van der Waals surface area (Å²) in [5.74, 6) is 0.897. The lowest BCUT2D eigenvalue weighted by atomic mass is 9.79. The van der Waals surface area contributed by atoms with Gasteiger partial charge in [0.15, 0.2) is 0 Å². The van der Waals surface area contributed by atoms with Crippen molar-refractivity contribution in [3.63, 3.8) is 0 Å². The van der Waals surface area contributed by atoms with Crippen molar-refractivity contribution in [3.05, 3.63) is 34.9 Å². The summed E-state index contributed by atoms with van der Waals surface area (Å²) < 4.78 is 0. The van der Waals surface area contributed by atoms with Crippen LogP contribution in [0.4, 0.5) is 0 Å². The molecule has 0 unspecified atom stereocenters. The van der Waals surface area contributed by atoms with E-state index in [-0.39, 0.29) is 5.91 Å². The molecular weight excluding hydrogens is 328 g/mol. The molecule has 1 saturated heterocycles. The quantitative estimate of drug-likeness (QED) is 0.749. The molecule has 1 amide bonds. The number of benzene rings is 1. The maximum atomic E-state index is 12.0. The van der Waals surface area contributed by atoms with Crippen LogP contribution in [0.3, 0.4) is 0 Å². The average molecular weight is 353 g/mol. The average Bonchev–Trinajstić information content (AvgIpc) is 2.94. The predicted molar refractivity (Wildman–Crippen MR) is 92.6 cm³/mol. The molecule has 0 spiro atoms. The van der Waals surface area contributed by atoms with Gasteiger partial charge in [0, 0.05) is 37.6 Å². The van der Waals surface area contributed by atoms with Crippen LogP contribution in [-0.2, 0) is 11.3 Å². The molecule has 1 aliphatic carbocycles. The third kappa shape index (κ3) is 4.28. The minimum Gasteiger partial charge on any atom is -0.390 e. The van der Waals surface area contributed by atoms with Crippen LogP contribution in [0.15, 0.2) is 24.3 Å². The molecule has 5 nitrogen and oxygen atoms in total. The van der Waals surface area contributed by atoms with Crippen LogP contribution in [0, 0.1) is 11.8 Å². The van der Waals surface area contributed by atoms with Crippen LogP contribution < -0.4 is 5.32 Å². The number of halogens is 1. The fraction of sp³-hybridized carbons (Fsp3) is 0.611. The normalized spacial score (nSPS) is 30.1. The van der Waals surface area contributed by atoms with Crippen LogP contribution >= 0.6 is 11.6 Å². The molecule has 1 heterocycles. The molecule has 0 aromatic heterocycles. The largest absolute Gasteiger partial charge is 0.390 e. The number of nitrogens with one attached hydrogen (secondary N) is 1. The van der Waals surface area contributed by atoms with Gasteiger partial charge in [0.25, 0.3) is 0 Å². The van der Waals surface area contributed by atoms with E-state index in [9.17, 15) is 15.0 Å². The summed E-state index contributed by atoms with van der Waals surface area (Å²) in [6.07, 6.45) is 0.604. The van der Waals surface area contributed by atoms with E-state index in [4.69, 9.17) is 11.6 Å². The molecule has 2 aliphatic rings. The van der Waals surface area contributed by atoms with Gasteiger partial charge in [0.2, 0.25) is 5.91 Å². The monoisotopic (exact) mass is 352 g/mol. The van der Waals surface area contributed by atoms with E-state index >= 15 is 0 Å². The Morgan fingerprint density at radius 1 is 1.17 bits per heavy atom. The molecular formula is C18H25ClN2O3. The highest BCUT2D eigenvalue weighted by Crippen LogP contribution is 2.36. The number of hydrogen-bond donors (Lipinski definition) is 3. The van der Waals surface area contributed by atoms with Crippen LogP contribution in [-0.4, -0.2) is 52.9 Å².